The Morgan fingerprint density at radius 1 is 1.05 bits per heavy atom. The van der Waals surface area contributed by atoms with Gasteiger partial charge in [-0.3, -0.25) is 4.79 Å². The topological polar surface area (TPSA) is 35.5 Å². The normalized spacial score (nSPS) is 39.0. The second-order valence-electron chi connectivity index (χ2n) is 7.85. The molecule has 4 aliphatic carbocycles. The lowest BCUT2D eigenvalue weighted by Gasteiger charge is -2.53. The summed E-state index contributed by atoms with van der Waals surface area (Å²) in [5.41, 5.74) is -0.395. The van der Waals surface area contributed by atoms with Gasteiger partial charge in [-0.25, -0.2) is 0 Å². The average Bonchev–Trinajstić information content (AvgIpc) is 2.40. The van der Waals surface area contributed by atoms with E-state index in [0.717, 1.165) is 30.1 Å². The van der Waals surface area contributed by atoms with Crippen molar-refractivity contribution in [1.29, 1.82) is 0 Å². The van der Waals surface area contributed by atoms with E-state index in [2.05, 4.69) is 0 Å². The van der Waals surface area contributed by atoms with Crippen molar-refractivity contribution >= 4 is 5.97 Å². The molecule has 4 bridgehead atoms. The molecule has 4 saturated carbocycles. The molecular formula is C17H28O3. The Labute approximate surface area is 122 Å². The van der Waals surface area contributed by atoms with Gasteiger partial charge in [-0.15, -0.1) is 0 Å². The molecule has 4 fully saturated rings. The molecule has 0 aromatic carbocycles. The van der Waals surface area contributed by atoms with Gasteiger partial charge in [-0.1, -0.05) is 6.92 Å². The van der Waals surface area contributed by atoms with E-state index in [0.29, 0.717) is 6.10 Å². The van der Waals surface area contributed by atoms with E-state index in [1.165, 1.54) is 32.1 Å². The molecule has 3 heteroatoms. The van der Waals surface area contributed by atoms with Crippen molar-refractivity contribution < 1.29 is 14.3 Å². The van der Waals surface area contributed by atoms with Crippen molar-refractivity contribution in [3.63, 3.8) is 0 Å². The summed E-state index contributed by atoms with van der Waals surface area (Å²) in [5.74, 6) is 3.23. The van der Waals surface area contributed by atoms with Crippen LogP contribution in [0.3, 0.4) is 0 Å². The van der Waals surface area contributed by atoms with Crippen molar-refractivity contribution in [1.82, 2.24) is 0 Å². The quantitative estimate of drug-likeness (QED) is 0.568. The van der Waals surface area contributed by atoms with Crippen LogP contribution >= 0.6 is 0 Å². The van der Waals surface area contributed by atoms with Crippen LogP contribution in [0.4, 0.5) is 0 Å². The van der Waals surface area contributed by atoms with Crippen LogP contribution in [0.5, 0.6) is 0 Å². The number of carbonyl (C=O) groups is 1. The van der Waals surface area contributed by atoms with E-state index in [-0.39, 0.29) is 12.8 Å². The first-order valence-corrected chi connectivity index (χ1v) is 8.28. The van der Waals surface area contributed by atoms with Gasteiger partial charge in [-0.05, 0) is 76.0 Å². The van der Waals surface area contributed by atoms with Gasteiger partial charge in [0.15, 0.2) is 6.79 Å². The maximum Gasteiger partial charge on any atom is 0.313 e. The number of esters is 1. The summed E-state index contributed by atoms with van der Waals surface area (Å²) in [6, 6.07) is 0. The second kappa shape index (κ2) is 5.32. The zero-order valence-electron chi connectivity index (χ0n) is 13.1. The van der Waals surface area contributed by atoms with E-state index < -0.39 is 5.41 Å². The lowest BCUT2D eigenvalue weighted by Crippen LogP contribution is -2.49. The molecule has 0 saturated heterocycles. The van der Waals surface area contributed by atoms with Crippen LogP contribution in [0.15, 0.2) is 0 Å². The molecule has 0 spiro atoms. The molecule has 0 aromatic rings. The standard InChI is InChI=1S/C17H28O3/c1-4-17(2,3)16(18)20-10-19-15-13-6-11-5-12(8-13)9-14(15)7-11/h11-15H,4-10H2,1-3H3. The number of carbonyl (C=O) groups excluding carboxylic acids is 1. The highest BCUT2D eigenvalue weighted by molar-refractivity contribution is 5.75. The minimum Gasteiger partial charge on any atom is -0.438 e. The Kier molecular flexibility index (Phi) is 3.83. The van der Waals surface area contributed by atoms with Crippen LogP contribution < -0.4 is 0 Å². The number of ether oxygens (including phenoxy) is 2. The fraction of sp³-hybridized carbons (Fsp3) is 0.941. The molecule has 0 aliphatic heterocycles. The van der Waals surface area contributed by atoms with Crippen LogP contribution in [-0.4, -0.2) is 18.9 Å². The summed E-state index contributed by atoms with van der Waals surface area (Å²) < 4.78 is 11.3. The summed E-state index contributed by atoms with van der Waals surface area (Å²) >= 11 is 0. The molecule has 4 rings (SSSR count). The van der Waals surface area contributed by atoms with E-state index >= 15 is 0 Å². The maximum atomic E-state index is 11.9. The van der Waals surface area contributed by atoms with E-state index in [9.17, 15) is 4.79 Å². The van der Waals surface area contributed by atoms with E-state index in [1.54, 1.807) is 0 Å². The number of hydrogen-bond donors (Lipinski definition) is 0. The predicted molar refractivity (Wildman–Crippen MR) is 76.9 cm³/mol. The third-order valence-electron chi connectivity index (χ3n) is 6.03. The Bertz CT molecular complexity index is 346. The van der Waals surface area contributed by atoms with Crippen LogP contribution in [0.2, 0.25) is 0 Å². The SMILES string of the molecule is CCC(C)(C)C(=O)OCOC1C2CC3CC(C2)CC1C3. The second-order valence-corrected chi connectivity index (χ2v) is 7.85. The summed E-state index contributed by atoms with van der Waals surface area (Å²) in [5, 5.41) is 0. The Morgan fingerprint density at radius 2 is 1.60 bits per heavy atom. The van der Waals surface area contributed by atoms with Crippen LogP contribution in [0.1, 0.15) is 59.3 Å². The van der Waals surface area contributed by atoms with Crippen molar-refractivity contribution in [2.45, 2.75) is 65.4 Å². The van der Waals surface area contributed by atoms with Gasteiger partial charge < -0.3 is 9.47 Å². The first-order valence-electron chi connectivity index (χ1n) is 8.28. The molecule has 0 heterocycles. The van der Waals surface area contributed by atoms with E-state index in [1.807, 2.05) is 20.8 Å². The van der Waals surface area contributed by atoms with Gasteiger partial charge in [0, 0.05) is 0 Å². The zero-order valence-corrected chi connectivity index (χ0v) is 13.1. The summed E-state index contributed by atoms with van der Waals surface area (Å²) in [6.07, 6.45) is 7.96. The molecular weight excluding hydrogens is 252 g/mol. The van der Waals surface area contributed by atoms with Gasteiger partial charge in [-0.2, -0.15) is 0 Å². The lowest BCUT2D eigenvalue weighted by atomic mass is 9.55. The first kappa shape index (κ1) is 14.4. The van der Waals surface area contributed by atoms with Gasteiger partial charge in [0.2, 0.25) is 0 Å². The molecule has 4 aliphatic rings. The Balaban J connectivity index is 1.49. The summed E-state index contributed by atoms with van der Waals surface area (Å²) in [6.45, 7) is 6.02. The molecule has 0 N–H and O–H groups in total. The monoisotopic (exact) mass is 280 g/mol. The van der Waals surface area contributed by atoms with Crippen molar-refractivity contribution in [3.05, 3.63) is 0 Å². The number of rotatable bonds is 5. The molecule has 3 nitrogen and oxygen atoms in total. The largest absolute Gasteiger partial charge is 0.438 e. The van der Waals surface area contributed by atoms with Crippen molar-refractivity contribution in [3.8, 4) is 0 Å². The Morgan fingerprint density at radius 3 is 2.10 bits per heavy atom. The third kappa shape index (κ3) is 2.61. The highest BCUT2D eigenvalue weighted by atomic mass is 16.7. The zero-order chi connectivity index (χ0) is 14.3. The maximum absolute atomic E-state index is 11.9. The molecule has 20 heavy (non-hydrogen) atoms. The van der Waals surface area contributed by atoms with Gasteiger partial charge in [0.1, 0.15) is 0 Å². The highest BCUT2D eigenvalue weighted by Crippen LogP contribution is 2.54. The first-order chi connectivity index (χ1) is 9.49. The average molecular weight is 280 g/mol. The van der Waals surface area contributed by atoms with E-state index in [4.69, 9.17) is 9.47 Å². The molecule has 114 valence electrons. The lowest BCUT2D eigenvalue weighted by molar-refractivity contribution is -0.193. The fourth-order valence-electron chi connectivity index (χ4n) is 4.65. The fourth-order valence-corrected chi connectivity index (χ4v) is 4.65. The van der Waals surface area contributed by atoms with Gasteiger partial charge in [0.05, 0.1) is 11.5 Å². The minimum atomic E-state index is -0.395. The predicted octanol–water partition coefficient (Wildman–Crippen LogP) is 3.76. The van der Waals surface area contributed by atoms with Gasteiger partial charge >= 0.3 is 5.97 Å². The minimum absolute atomic E-state index is 0.135. The smallest absolute Gasteiger partial charge is 0.313 e. The van der Waals surface area contributed by atoms with Gasteiger partial charge in [0.25, 0.3) is 0 Å². The number of hydrogen-bond acceptors (Lipinski definition) is 3. The van der Waals surface area contributed by atoms with Crippen molar-refractivity contribution in [2.75, 3.05) is 6.79 Å². The Hall–Kier alpha value is -0.570. The highest BCUT2D eigenvalue weighted by Gasteiger charge is 2.48. The molecule has 0 unspecified atom stereocenters. The van der Waals surface area contributed by atoms with Crippen LogP contribution in [-0.2, 0) is 14.3 Å². The molecule has 0 atom stereocenters. The van der Waals surface area contributed by atoms with Crippen molar-refractivity contribution in [2.24, 2.45) is 29.1 Å². The van der Waals surface area contributed by atoms with Crippen LogP contribution in [0, 0.1) is 29.1 Å². The molecule has 0 aromatic heterocycles. The van der Waals surface area contributed by atoms with Crippen LogP contribution in [0.25, 0.3) is 0 Å². The third-order valence-corrected chi connectivity index (χ3v) is 6.03. The molecule has 0 radical (unpaired) electrons. The summed E-state index contributed by atoms with van der Waals surface area (Å²) in [7, 11) is 0. The summed E-state index contributed by atoms with van der Waals surface area (Å²) in [4.78, 5) is 11.9. The molecule has 0 amide bonds.